The third kappa shape index (κ3) is 3.16. The number of hydrogen-bond donors (Lipinski definition) is 0. The molecule has 1 atom stereocenters. The maximum atomic E-state index is 13.2. The normalized spacial score (nSPS) is 22.5. The molecule has 0 saturated carbocycles. The van der Waals surface area contributed by atoms with Gasteiger partial charge in [0.15, 0.2) is 5.78 Å². The molecule has 2 aliphatic rings. The second-order valence-electron chi connectivity index (χ2n) is 6.26. The van der Waals surface area contributed by atoms with Crippen molar-refractivity contribution in [3.05, 3.63) is 64.1 Å². The summed E-state index contributed by atoms with van der Waals surface area (Å²) in [4.78, 5) is 32.9. The largest absolute Gasteiger partial charge is 0.379 e. The van der Waals surface area contributed by atoms with Crippen molar-refractivity contribution in [3.63, 3.8) is 0 Å². The fraction of sp³-hybridized carbons (Fsp3) is 0.250. The number of carbonyl (C=O) groups excluding carboxylic acids is 2. The van der Waals surface area contributed by atoms with Gasteiger partial charge in [-0.2, -0.15) is 0 Å². The zero-order valence-electron chi connectivity index (χ0n) is 14.0. The second kappa shape index (κ2) is 7.23. The van der Waals surface area contributed by atoms with Crippen molar-refractivity contribution in [2.24, 2.45) is 4.99 Å². The van der Waals surface area contributed by atoms with E-state index >= 15 is 0 Å². The van der Waals surface area contributed by atoms with Gasteiger partial charge in [0.2, 0.25) is 5.78 Å². The smallest absolute Gasteiger partial charge is 0.210 e. The molecular formula is C20H17BrN2O3. The molecule has 132 valence electrons. The topological polar surface area (TPSA) is 59.0 Å². The van der Waals surface area contributed by atoms with Crippen molar-refractivity contribution >= 4 is 38.9 Å². The van der Waals surface area contributed by atoms with E-state index in [1.807, 2.05) is 29.2 Å². The first-order valence-corrected chi connectivity index (χ1v) is 9.28. The number of hydrogen-bond acceptors (Lipinski definition) is 5. The van der Waals surface area contributed by atoms with Gasteiger partial charge in [0.25, 0.3) is 0 Å². The van der Waals surface area contributed by atoms with Crippen molar-refractivity contribution in [1.29, 1.82) is 0 Å². The molecule has 2 aromatic carbocycles. The number of carbonyl (C=O) groups is 2. The zero-order valence-corrected chi connectivity index (χ0v) is 15.6. The maximum absolute atomic E-state index is 13.2. The number of fused-ring (bicyclic) bond motifs is 1. The lowest BCUT2D eigenvalue weighted by atomic mass is 9.83. The Morgan fingerprint density at radius 2 is 1.62 bits per heavy atom. The number of ketones is 2. The summed E-state index contributed by atoms with van der Waals surface area (Å²) in [5.41, 5.74) is 1.85. The molecule has 6 heteroatoms. The Morgan fingerprint density at radius 1 is 0.962 bits per heavy atom. The zero-order chi connectivity index (χ0) is 18.1. The summed E-state index contributed by atoms with van der Waals surface area (Å²) in [6, 6.07) is 13.7. The van der Waals surface area contributed by atoms with Crippen LogP contribution in [0.25, 0.3) is 0 Å². The Hall–Kier alpha value is -2.15. The van der Waals surface area contributed by atoms with E-state index in [9.17, 15) is 9.59 Å². The van der Waals surface area contributed by atoms with Gasteiger partial charge in [-0.25, -0.2) is 4.99 Å². The van der Waals surface area contributed by atoms with Crippen LogP contribution in [0.1, 0.15) is 20.7 Å². The van der Waals surface area contributed by atoms with E-state index in [-0.39, 0.29) is 17.3 Å². The summed E-state index contributed by atoms with van der Waals surface area (Å²) in [6.45, 7) is 2.30. The van der Waals surface area contributed by atoms with Crippen LogP contribution in [-0.2, 0) is 4.74 Å². The molecule has 1 aliphatic carbocycles. The standard InChI is InChI=1S/C20H17BrN2O3/c21-13-5-7-14(8-6-13)22-17-18(23-9-11-26-12-10-23)20(25)16-4-2-1-3-15(16)19(17)24/h1-8,18H,9-12H2/t18-/m1/s1. The fourth-order valence-electron chi connectivity index (χ4n) is 3.37. The Kier molecular flexibility index (Phi) is 4.80. The lowest BCUT2D eigenvalue weighted by molar-refractivity contribution is 0.0278. The highest BCUT2D eigenvalue weighted by Crippen LogP contribution is 2.27. The van der Waals surface area contributed by atoms with Crippen molar-refractivity contribution in [2.45, 2.75) is 6.04 Å². The van der Waals surface area contributed by atoms with E-state index in [2.05, 4.69) is 20.9 Å². The molecule has 2 aromatic rings. The van der Waals surface area contributed by atoms with Gasteiger partial charge >= 0.3 is 0 Å². The highest BCUT2D eigenvalue weighted by molar-refractivity contribution is 9.10. The van der Waals surface area contributed by atoms with Gasteiger partial charge in [0, 0.05) is 28.7 Å². The van der Waals surface area contributed by atoms with E-state index in [4.69, 9.17) is 4.74 Å². The number of aliphatic imine (C=N–C) groups is 1. The monoisotopic (exact) mass is 412 g/mol. The predicted molar refractivity (Wildman–Crippen MR) is 103 cm³/mol. The van der Waals surface area contributed by atoms with Crippen LogP contribution < -0.4 is 0 Å². The highest BCUT2D eigenvalue weighted by Gasteiger charge is 2.42. The van der Waals surface area contributed by atoms with E-state index in [0.717, 1.165) is 4.47 Å². The lowest BCUT2D eigenvalue weighted by Gasteiger charge is -2.36. The molecule has 1 saturated heterocycles. The van der Waals surface area contributed by atoms with Crippen LogP contribution in [0, 0.1) is 0 Å². The lowest BCUT2D eigenvalue weighted by Crippen LogP contribution is -2.55. The average Bonchev–Trinajstić information content (AvgIpc) is 2.68. The number of benzene rings is 2. The molecule has 0 spiro atoms. The summed E-state index contributed by atoms with van der Waals surface area (Å²) < 4.78 is 6.34. The fourth-order valence-corrected chi connectivity index (χ4v) is 3.63. The first-order valence-electron chi connectivity index (χ1n) is 8.49. The number of morpholine rings is 1. The summed E-state index contributed by atoms with van der Waals surface area (Å²) in [5, 5.41) is 0. The Bertz CT molecular complexity index is 886. The molecule has 0 amide bonds. The van der Waals surface area contributed by atoms with E-state index in [0.29, 0.717) is 43.1 Å². The van der Waals surface area contributed by atoms with E-state index in [1.165, 1.54) is 0 Å². The molecule has 26 heavy (non-hydrogen) atoms. The van der Waals surface area contributed by atoms with Crippen LogP contribution in [0.5, 0.6) is 0 Å². The van der Waals surface area contributed by atoms with Crippen molar-refractivity contribution in [2.75, 3.05) is 26.3 Å². The van der Waals surface area contributed by atoms with Gasteiger partial charge in [-0.15, -0.1) is 0 Å². The van der Waals surface area contributed by atoms with Gasteiger partial charge in [0.05, 0.1) is 18.9 Å². The number of nitrogens with zero attached hydrogens (tertiary/aromatic N) is 2. The molecule has 0 bridgehead atoms. The van der Waals surface area contributed by atoms with Gasteiger partial charge in [-0.05, 0) is 24.3 Å². The SMILES string of the molecule is O=C1C(=Nc2ccc(Br)cc2)[C@@H](N2CCOCC2)C(=O)c2ccccc21. The molecule has 1 fully saturated rings. The van der Waals surface area contributed by atoms with Crippen LogP contribution in [0.2, 0.25) is 0 Å². The molecule has 0 aromatic heterocycles. The first kappa shape index (κ1) is 17.3. The van der Waals surface area contributed by atoms with E-state index < -0.39 is 6.04 Å². The predicted octanol–water partition coefficient (Wildman–Crippen LogP) is 3.30. The quantitative estimate of drug-likeness (QED) is 0.758. The minimum Gasteiger partial charge on any atom is -0.379 e. The molecule has 5 nitrogen and oxygen atoms in total. The van der Waals surface area contributed by atoms with Crippen LogP contribution in [0.4, 0.5) is 5.69 Å². The summed E-state index contributed by atoms with van der Waals surface area (Å²) in [6.07, 6.45) is 0. The number of rotatable bonds is 2. The van der Waals surface area contributed by atoms with Gasteiger partial charge < -0.3 is 4.74 Å². The Labute approximate surface area is 159 Å². The summed E-state index contributed by atoms with van der Waals surface area (Å²) >= 11 is 3.40. The summed E-state index contributed by atoms with van der Waals surface area (Å²) in [7, 11) is 0. The molecular weight excluding hydrogens is 396 g/mol. The molecule has 1 aliphatic heterocycles. The molecule has 0 radical (unpaired) electrons. The minimum atomic E-state index is -0.662. The minimum absolute atomic E-state index is 0.0713. The van der Waals surface area contributed by atoms with Gasteiger partial charge in [-0.3, -0.25) is 14.5 Å². The third-order valence-electron chi connectivity index (χ3n) is 4.66. The first-order chi connectivity index (χ1) is 12.6. The van der Waals surface area contributed by atoms with Crippen LogP contribution in [0.3, 0.4) is 0 Å². The van der Waals surface area contributed by atoms with E-state index in [1.54, 1.807) is 24.3 Å². The van der Waals surface area contributed by atoms with Gasteiger partial charge in [0.1, 0.15) is 11.8 Å². The van der Waals surface area contributed by atoms with Crippen molar-refractivity contribution in [3.8, 4) is 0 Å². The number of halogens is 1. The Balaban J connectivity index is 1.83. The maximum Gasteiger partial charge on any atom is 0.210 e. The number of ether oxygens (including phenoxy) is 1. The van der Waals surface area contributed by atoms with Crippen molar-refractivity contribution < 1.29 is 14.3 Å². The van der Waals surface area contributed by atoms with Crippen molar-refractivity contribution in [1.82, 2.24) is 4.90 Å². The number of Topliss-reactive ketones (excluding diaryl/α,β-unsaturated/α-hetero) is 2. The molecule has 0 unspecified atom stereocenters. The van der Waals surface area contributed by atoms with Gasteiger partial charge in [-0.1, -0.05) is 40.2 Å². The molecule has 0 N–H and O–H groups in total. The molecule has 4 rings (SSSR count). The van der Waals surface area contributed by atoms with Crippen LogP contribution in [0.15, 0.2) is 58.0 Å². The molecule has 1 heterocycles. The summed E-state index contributed by atoms with van der Waals surface area (Å²) in [5.74, 6) is -0.252. The van der Waals surface area contributed by atoms with Crippen LogP contribution in [-0.4, -0.2) is 54.5 Å². The van der Waals surface area contributed by atoms with Crippen LogP contribution >= 0.6 is 15.9 Å². The third-order valence-corrected chi connectivity index (χ3v) is 5.19. The second-order valence-corrected chi connectivity index (χ2v) is 7.18. The Morgan fingerprint density at radius 3 is 2.31 bits per heavy atom. The average molecular weight is 413 g/mol. The highest BCUT2D eigenvalue weighted by atomic mass is 79.9.